The number of hydrogen-bond acceptors (Lipinski definition) is 6. The molecular weight excluding hydrogens is 577 g/mol. The molecule has 3 aromatic carbocycles. The number of carbonyl (C=O) groups is 2. The Labute approximate surface area is 252 Å². The van der Waals surface area contributed by atoms with Crippen LogP contribution < -0.4 is 10.1 Å². The van der Waals surface area contributed by atoms with E-state index in [4.69, 9.17) is 19.0 Å². The molecule has 0 spiro atoms. The number of aliphatic carboxylic acids is 1. The molecule has 1 heterocycles. The number of carboxylic acid groups (broad SMARTS) is 1. The molecule has 0 aliphatic rings. The molecule has 0 fully saturated rings. The maximum Gasteiger partial charge on any atom is 0.416 e. The summed E-state index contributed by atoms with van der Waals surface area (Å²) in [5.41, 5.74) is 3.09. The first-order valence-corrected chi connectivity index (χ1v) is 14.0. The van der Waals surface area contributed by atoms with Crippen molar-refractivity contribution >= 4 is 12.1 Å². The Morgan fingerprint density at radius 1 is 0.955 bits per heavy atom. The lowest BCUT2D eigenvalue weighted by molar-refractivity contribution is -0.138. The third-order valence-electron chi connectivity index (χ3n) is 6.68. The van der Waals surface area contributed by atoms with Crippen molar-refractivity contribution < 1.29 is 41.8 Å². The Hall–Kier alpha value is -4.80. The molecule has 1 aromatic heterocycles. The number of oxazole rings is 1. The minimum absolute atomic E-state index is 0.0553. The van der Waals surface area contributed by atoms with Gasteiger partial charge in [-0.05, 0) is 85.8 Å². The Morgan fingerprint density at radius 2 is 1.66 bits per heavy atom. The van der Waals surface area contributed by atoms with Gasteiger partial charge in [0.15, 0.2) is 0 Å². The number of carboxylic acids is 1. The molecule has 232 valence electrons. The Balaban J connectivity index is 1.43. The molecule has 8 nitrogen and oxygen atoms in total. The molecule has 0 aliphatic carbocycles. The molecule has 0 aliphatic heterocycles. The summed E-state index contributed by atoms with van der Waals surface area (Å²) >= 11 is 0. The highest BCUT2D eigenvalue weighted by molar-refractivity contribution is 5.70. The zero-order chi connectivity index (χ0) is 31.9. The molecule has 1 amide bonds. The minimum Gasteiger partial charge on any atom is -0.493 e. The van der Waals surface area contributed by atoms with E-state index < -0.39 is 23.8 Å². The first kappa shape index (κ1) is 32.1. The van der Waals surface area contributed by atoms with Crippen molar-refractivity contribution in [1.82, 2.24) is 10.3 Å². The number of halogens is 3. The van der Waals surface area contributed by atoms with E-state index in [1.54, 1.807) is 69.3 Å². The monoisotopic (exact) mass is 610 g/mol. The molecule has 2 N–H and O–H groups in total. The number of aryl methyl sites for hydroxylation is 2. The minimum atomic E-state index is -4.44. The lowest BCUT2D eigenvalue weighted by atomic mass is 10.0. The van der Waals surface area contributed by atoms with Crippen molar-refractivity contribution in [2.24, 2.45) is 0 Å². The van der Waals surface area contributed by atoms with Gasteiger partial charge in [0.2, 0.25) is 5.89 Å². The number of ether oxygens (including phenoxy) is 2. The van der Waals surface area contributed by atoms with Crippen LogP contribution in [-0.2, 0) is 35.1 Å². The number of rotatable bonds is 12. The van der Waals surface area contributed by atoms with Crippen LogP contribution in [0.25, 0.3) is 22.6 Å². The summed E-state index contributed by atoms with van der Waals surface area (Å²) in [5.74, 6) is 0.544. The smallest absolute Gasteiger partial charge is 0.416 e. The second-order valence-corrected chi connectivity index (χ2v) is 10.4. The van der Waals surface area contributed by atoms with Crippen molar-refractivity contribution in [3.63, 3.8) is 0 Å². The molecule has 44 heavy (non-hydrogen) atoms. The van der Waals surface area contributed by atoms with E-state index in [-0.39, 0.29) is 25.7 Å². The fourth-order valence-corrected chi connectivity index (χ4v) is 4.52. The van der Waals surface area contributed by atoms with Crippen molar-refractivity contribution in [3.05, 3.63) is 94.9 Å². The van der Waals surface area contributed by atoms with E-state index >= 15 is 0 Å². The van der Waals surface area contributed by atoms with Crippen LogP contribution in [-0.4, -0.2) is 34.9 Å². The number of benzene rings is 3. The van der Waals surface area contributed by atoms with Crippen LogP contribution in [0.15, 0.2) is 71.1 Å². The van der Waals surface area contributed by atoms with Gasteiger partial charge in [-0.15, -0.1) is 0 Å². The number of amides is 1. The van der Waals surface area contributed by atoms with Gasteiger partial charge in [-0.3, -0.25) is 4.79 Å². The van der Waals surface area contributed by atoms with Crippen LogP contribution in [0.5, 0.6) is 5.75 Å². The maximum atomic E-state index is 13.2. The molecule has 0 radical (unpaired) electrons. The molecule has 0 atom stereocenters. The van der Waals surface area contributed by atoms with Gasteiger partial charge in [0, 0.05) is 24.9 Å². The van der Waals surface area contributed by atoms with Crippen LogP contribution >= 0.6 is 0 Å². The van der Waals surface area contributed by atoms with E-state index in [1.807, 2.05) is 0 Å². The lowest BCUT2D eigenvalue weighted by Gasteiger charge is -2.14. The summed E-state index contributed by atoms with van der Waals surface area (Å²) in [4.78, 5) is 27.7. The Bertz CT molecular complexity index is 1610. The summed E-state index contributed by atoms with van der Waals surface area (Å²) in [6.07, 6.45) is -4.64. The zero-order valence-electron chi connectivity index (χ0n) is 24.5. The predicted octanol–water partition coefficient (Wildman–Crippen LogP) is 7.61. The number of aromatic nitrogens is 1. The summed E-state index contributed by atoms with van der Waals surface area (Å²) in [6, 6.07) is 17.4. The average molecular weight is 611 g/mol. The van der Waals surface area contributed by atoms with Gasteiger partial charge in [0.25, 0.3) is 0 Å². The zero-order valence-corrected chi connectivity index (χ0v) is 24.5. The highest BCUT2D eigenvalue weighted by Gasteiger charge is 2.30. The number of hydrogen-bond donors (Lipinski definition) is 2. The number of carbonyl (C=O) groups excluding carboxylic acids is 1. The highest BCUT2D eigenvalue weighted by Crippen LogP contribution is 2.33. The first-order chi connectivity index (χ1) is 20.9. The van der Waals surface area contributed by atoms with Crippen LogP contribution in [0.4, 0.5) is 18.0 Å². The normalized spacial score (nSPS) is 11.4. The lowest BCUT2D eigenvalue weighted by Crippen LogP contribution is -2.26. The predicted molar refractivity (Wildman–Crippen MR) is 157 cm³/mol. The van der Waals surface area contributed by atoms with E-state index in [0.29, 0.717) is 58.2 Å². The summed E-state index contributed by atoms with van der Waals surface area (Å²) in [5, 5.41) is 11.8. The van der Waals surface area contributed by atoms with E-state index in [9.17, 15) is 22.8 Å². The van der Waals surface area contributed by atoms with Crippen LogP contribution in [0.1, 0.15) is 48.4 Å². The fraction of sp³-hybridized carbons (Fsp3) is 0.303. The largest absolute Gasteiger partial charge is 0.493 e. The summed E-state index contributed by atoms with van der Waals surface area (Å²) in [6.45, 7) is 5.66. The van der Waals surface area contributed by atoms with E-state index in [1.165, 1.54) is 6.07 Å². The average Bonchev–Trinajstić information content (AvgIpc) is 3.35. The molecule has 0 saturated carbocycles. The molecule has 4 rings (SSSR count). The molecule has 0 unspecified atom stereocenters. The maximum absolute atomic E-state index is 13.2. The molecule has 0 saturated heterocycles. The second kappa shape index (κ2) is 14.1. The van der Waals surface area contributed by atoms with Gasteiger partial charge in [0.05, 0.1) is 24.0 Å². The van der Waals surface area contributed by atoms with Gasteiger partial charge in [0.1, 0.15) is 11.5 Å². The van der Waals surface area contributed by atoms with Crippen LogP contribution in [0, 0.1) is 6.92 Å². The topological polar surface area (TPSA) is 111 Å². The van der Waals surface area contributed by atoms with Gasteiger partial charge in [-0.2, -0.15) is 13.2 Å². The molecule has 0 bridgehead atoms. The molecule has 4 aromatic rings. The third kappa shape index (κ3) is 8.85. The quantitative estimate of drug-likeness (QED) is 0.170. The second-order valence-electron chi connectivity index (χ2n) is 10.4. The number of alkyl halides is 3. The standard InChI is InChI=1S/C33H33F3N2O6/c1-20(2)43-32(41)37-19-26-18-28(12-10-22(26)11-13-30(39)40)42-15-14-29-21(3)44-31(38-29)25-8-4-6-23(16-25)24-7-5-9-27(17-24)33(34,35)36/h4-10,12,16-18,20H,11,13-15,19H2,1-3H3,(H,37,41)(H,39,40). The van der Waals surface area contributed by atoms with Gasteiger partial charge >= 0.3 is 18.2 Å². The number of alkyl carbamates (subject to hydrolysis) is 1. The van der Waals surface area contributed by atoms with Gasteiger partial charge in [-0.25, -0.2) is 9.78 Å². The Kier molecular flexibility index (Phi) is 10.3. The number of nitrogens with zero attached hydrogens (tertiary/aromatic N) is 1. The van der Waals surface area contributed by atoms with Crippen molar-refractivity contribution in [3.8, 4) is 28.3 Å². The highest BCUT2D eigenvalue weighted by atomic mass is 19.4. The van der Waals surface area contributed by atoms with E-state index in [2.05, 4.69) is 10.3 Å². The van der Waals surface area contributed by atoms with Crippen molar-refractivity contribution in [2.45, 2.75) is 58.9 Å². The van der Waals surface area contributed by atoms with E-state index in [0.717, 1.165) is 17.7 Å². The first-order valence-electron chi connectivity index (χ1n) is 14.0. The molecular formula is C33H33F3N2O6. The third-order valence-corrected chi connectivity index (χ3v) is 6.68. The van der Waals surface area contributed by atoms with Gasteiger partial charge in [-0.1, -0.05) is 30.3 Å². The number of nitrogens with one attached hydrogen (secondary N) is 1. The summed E-state index contributed by atoms with van der Waals surface area (Å²) < 4.78 is 56.6. The van der Waals surface area contributed by atoms with Crippen molar-refractivity contribution in [2.75, 3.05) is 6.61 Å². The SMILES string of the molecule is Cc1oc(-c2cccc(-c3cccc(C(F)(F)F)c3)c2)nc1CCOc1ccc(CCC(=O)O)c(CNC(=O)OC(C)C)c1. The van der Waals surface area contributed by atoms with Crippen LogP contribution in [0.3, 0.4) is 0 Å². The fourth-order valence-electron chi connectivity index (χ4n) is 4.52. The van der Waals surface area contributed by atoms with Gasteiger partial charge < -0.3 is 24.3 Å². The summed E-state index contributed by atoms with van der Waals surface area (Å²) in [7, 11) is 0. The van der Waals surface area contributed by atoms with Crippen LogP contribution in [0.2, 0.25) is 0 Å². The Morgan fingerprint density at radius 3 is 2.36 bits per heavy atom. The molecule has 11 heteroatoms. The van der Waals surface area contributed by atoms with Crippen molar-refractivity contribution in [1.29, 1.82) is 0 Å².